The van der Waals surface area contributed by atoms with Crippen LogP contribution in [0, 0.1) is 11.3 Å². The third-order valence-corrected chi connectivity index (χ3v) is 9.67. The van der Waals surface area contributed by atoms with Gasteiger partial charge in [-0.1, -0.05) is 39.4 Å². The maximum Gasteiger partial charge on any atom is 0.338 e. The highest BCUT2D eigenvalue weighted by atomic mass is 79.9. The van der Waals surface area contributed by atoms with E-state index >= 15 is 0 Å². The van der Waals surface area contributed by atoms with Crippen LogP contribution in [0.1, 0.15) is 49.1 Å². The van der Waals surface area contributed by atoms with Crippen LogP contribution in [0.3, 0.4) is 0 Å². The van der Waals surface area contributed by atoms with Gasteiger partial charge in [0.05, 0.1) is 65.4 Å². The number of nitriles is 1. The summed E-state index contributed by atoms with van der Waals surface area (Å²) in [5, 5.41) is 9.06. The Kier molecular flexibility index (Phi) is 11.1. The van der Waals surface area contributed by atoms with Crippen molar-refractivity contribution in [2.24, 2.45) is 4.99 Å². The summed E-state index contributed by atoms with van der Waals surface area (Å²) in [4.78, 5) is 32.7. The molecule has 1 aromatic heterocycles. The van der Waals surface area contributed by atoms with Crippen molar-refractivity contribution in [2.75, 3.05) is 27.4 Å². The molecule has 0 radical (unpaired) electrons. The lowest BCUT2D eigenvalue weighted by Crippen LogP contribution is -2.40. The number of ether oxygens (including phenoxy) is 5. The molecule has 1 atom stereocenters. The lowest BCUT2D eigenvalue weighted by atomic mass is 9.95. The molecule has 0 aliphatic carbocycles. The quantitative estimate of drug-likeness (QED) is 0.165. The van der Waals surface area contributed by atoms with Crippen LogP contribution in [0.5, 0.6) is 23.0 Å². The number of nitrogens with zero attached hydrogens (tertiary/aromatic N) is 3. The number of esters is 1. The second kappa shape index (κ2) is 15.2. The number of benzene rings is 3. The Bertz CT molecular complexity index is 2130. The zero-order valence-corrected chi connectivity index (χ0v) is 30.7. The molecule has 0 amide bonds. The van der Waals surface area contributed by atoms with Crippen molar-refractivity contribution in [3.8, 4) is 29.1 Å². The van der Waals surface area contributed by atoms with Gasteiger partial charge in [0, 0.05) is 4.47 Å². The molecule has 0 bridgehead atoms. The van der Waals surface area contributed by atoms with E-state index in [1.165, 1.54) is 23.0 Å². The number of fused-ring (bicyclic) bond motifs is 1. The number of carbonyl (C=O) groups is 1. The third-order valence-electron chi connectivity index (χ3n) is 7.41. The van der Waals surface area contributed by atoms with E-state index in [0.29, 0.717) is 70.3 Å². The highest BCUT2D eigenvalue weighted by Crippen LogP contribution is 2.41. The molecule has 0 unspecified atom stereocenters. The average Bonchev–Trinajstić information content (AvgIpc) is 3.37. The molecule has 2 heterocycles. The molecule has 0 spiro atoms. The molecular formula is C35H31Br2N3O7S. The van der Waals surface area contributed by atoms with Gasteiger partial charge in [0.25, 0.3) is 5.56 Å². The van der Waals surface area contributed by atoms with Crippen molar-refractivity contribution in [1.29, 1.82) is 5.26 Å². The van der Waals surface area contributed by atoms with Crippen LogP contribution >= 0.6 is 43.2 Å². The van der Waals surface area contributed by atoms with E-state index in [4.69, 9.17) is 28.9 Å². The summed E-state index contributed by atoms with van der Waals surface area (Å²) in [6, 6.07) is 15.5. The normalized spacial score (nSPS) is 14.1. The predicted octanol–water partition coefficient (Wildman–Crippen LogP) is 6.19. The summed E-state index contributed by atoms with van der Waals surface area (Å²) in [7, 11) is 3.08. The summed E-state index contributed by atoms with van der Waals surface area (Å²) in [5.74, 6) is 1.35. The number of methoxy groups -OCH3 is 2. The van der Waals surface area contributed by atoms with E-state index < -0.39 is 12.0 Å². The fraction of sp³-hybridized carbons (Fsp3) is 0.257. The van der Waals surface area contributed by atoms with Gasteiger partial charge in [0.2, 0.25) is 0 Å². The van der Waals surface area contributed by atoms with Crippen molar-refractivity contribution in [3.63, 3.8) is 0 Å². The van der Waals surface area contributed by atoms with Gasteiger partial charge < -0.3 is 23.7 Å². The molecule has 0 saturated carbocycles. The van der Waals surface area contributed by atoms with E-state index in [2.05, 4.69) is 42.9 Å². The Labute approximate surface area is 297 Å². The molecule has 0 saturated heterocycles. The Morgan fingerprint density at radius 1 is 1.00 bits per heavy atom. The number of aromatic nitrogens is 1. The largest absolute Gasteiger partial charge is 0.493 e. The van der Waals surface area contributed by atoms with Crippen LogP contribution < -0.4 is 33.8 Å². The molecule has 1 aliphatic rings. The Balaban J connectivity index is 1.61. The monoisotopic (exact) mass is 795 g/mol. The maximum atomic E-state index is 14.2. The van der Waals surface area contributed by atoms with Crippen LogP contribution in [-0.4, -0.2) is 38.0 Å². The van der Waals surface area contributed by atoms with E-state index in [0.717, 1.165) is 5.56 Å². The molecule has 4 aromatic rings. The highest BCUT2D eigenvalue weighted by molar-refractivity contribution is 9.10. The topological polar surface area (TPSA) is 121 Å². The first-order chi connectivity index (χ1) is 23.1. The third kappa shape index (κ3) is 7.06. The van der Waals surface area contributed by atoms with E-state index in [1.54, 1.807) is 57.4 Å². The molecule has 0 N–H and O–H groups in total. The number of rotatable bonds is 11. The number of carbonyl (C=O) groups excluding carboxylic acids is 1. The minimum absolute atomic E-state index is 0.157. The van der Waals surface area contributed by atoms with Gasteiger partial charge in [0.1, 0.15) is 6.61 Å². The van der Waals surface area contributed by atoms with Gasteiger partial charge >= 0.3 is 5.97 Å². The zero-order chi connectivity index (χ0) is 34.5. The maximum absolute atomic E-state index is 14.2. The SMILES string of the molecule is CCOC(=O)C1=C(C)N=c2s/c(=C/c3cc(Br)c(OCc4ccc(C#N)cc4)c(OC)c3)c(=O)n2[C@H]1c1cc(OCC)c(OC)cc1Br. The highest BCUT2D eigenvalue weighted by Gasteiger charge is 2.35. The lowest BCUT2D eigenvalue weighted by Gasteiger charge is -2.26. The van der Waals surface area contributed by atoms with Gasteiger partial charge in [-0.2, -0.15) is 5.26 Å². The van der Waals surface area contributed by atoms with E-state index in [1.807, 2.05) is 25.1 Å². The van der Waals surface area contributed by atoms with Gasteiger partial charge in [-0.15, -0.1) is 0 Å². The molecule has 10 nitrogen and oxygen atoms in total. The molecule has 48 heavy (non-hydrogen) atoms. The fourth-order valence-corrected chi connectivity index (χ4v) is 7.38. The number of halogens is 2. The summed E-state index contributed by atoms with van der Waals surface area (Å²) in [6.07, 6.45) is 1.75. The van der Waals surface area contributed by atoms with Crippen molar-refractivity contribution in [3.05, 3.63) is 111 Å². The molecule has 248 valence electrons. The van der Waals surface area contributed by atoms with Crippen LogP contribution in [0.2, 0.25) is 0 Å². The van der Waals surface area contributed by atoms with Gasteiger partial charge in [0.15, 0.2) is 27.8 Å². The number of hydrogen-bond donors (Lipinski definition) is 0. The summed E-state index contributed by atoms with van der Waals surface area (Å²) < 4.78 is 31.7. The second-order valence-corrected chi connectivity index (χ2v) is 13.1. The Hall–Kier alpha value is -4.38. The second-order valence-electron chi connectivity index (χ2n) is 10.4. The fourth-order valence-electron chi connectivity index (χ4n) is 5.22. The standard InChI is InChI=1S/C35H31Br2N3O7S/c1-6-45-27-15-23(24(36)16-26(27)43-4)31-30(34(42)46-7-2)19(3)39-35-40(31)33(41)29(48-35)14-22-12-25(37)32(28(13-22)44-5)47-18-21-10-8-20(17-38)9-11-21/h8-16,31H,6-7,18H2,1-5H3/b29-14+/t31-/m0/s1. The van der Waals surface area contributed by atoms with Crippen molar-refractivity contribution >= 4 is 55.2 Å². The molecular weight excluding hydrogens is 766 g/mol. The zero-order valence-electron chi connectivity index (χ0n) is 26.8. The molecule has 3 aromatic carbocycles. The smallest absolute Gasteiger partial charge is 0.338 e. The minimum Gasteiger partial charge on any atom is -0.493 e. The Morgan fingerprint density at radius 3 is 2.38 bits per heavy atom. The van der Waals surface area contributed by atoms with E-state index in [9.17, 15) is 9.59 Å². The average molecular weight is 798 g/mol. The van der Waals surface area contributed by atoms with Crippen molar-refractivity contribution in [2.45, 2.75) is 33.4 Å². The first kappa shape index (κ1) is 34.9. The predicted molar refractivity (Wildman–Crippen MR) is 188 cm³/mol. The van der Waals surface area contributed by atoms with Gasteiger partial charge in [-0.3, -0.25) is 9.36 Å². The van der Waals surface area contributed by atoms with Crippen LogP contribution in [-0.2, 0) is 16.1 Å². The van der Waals surface area contributed by atoms with Crippen LogP contribution in [0.4, 0.5) is 0 Å². The molecule has 0 fully saturated rings. The molecule has 13 heteroatoms. The van der Waals surface area contributed by atoms with Crippen molar-refractivity contribution in [1.82, 2.24) is 4.57 Å². The summed E-state index contributed by atoms with van der Waals surface area (Å²) in [5.41, 5.74) is 3.09. The van der Waals surface area contributed by atoms with Crippen LogP contribution in [0.25, 0.3) is 6.08 Å². The Morgan fingerprint density at radius 2 is 1.73 bits per heavy atom. The molecule has 5 rings (SSSR count). The van der Waals surface area contributed by atoms with E-state index in [-0.39, 0.29) is 24.3 Å². The summed E-state index contributed by atoms with van der Waals surface area (Å²) in [6.45, 7) is 6.12. The number of hydrogen-bond acceptors (Lipinski definition) is 10. The minimum atomic E-state index is -0.860. The summed E-state index contributed by atoms with van der Waals surface area (Å²) >= 11 is 8.45. The first-order valence-corrected chi connectivity index (χ1v) is 17.2. The van der Waals surface area contributed by atoms with Crippen molar-refractivity contribution < 1.29 is 28.5 Å². The van der Waals surface area contributed by atoms with Gasteiger partial charge in [-0.25, -0.2) is 9.79 Å². The lowest BCUT2D eigenvalue weighted by molar-refractivity contribution is -0.139. The number of thiazole rings is 1. The number of allylic oxidation sites excluding steroid dienone is 1. The van der Waals surface area contributed by atoms with Gasteiger partial charge in [-0.05, 0) is 95.9 Å². The van der Waals surface area contributed by atoms with Crippen LogP contribution in [0.15, 0.2) is 78.5 Å². The molecule has 1 aliphatic heterocycles. The first-order valence-electron chi connectivity index (χ1n) is 14.8.